The Labute approximate surface area is 216 Å². The molecule has 3 rings (SSSR count). The molecule has 0 atom stereocenters. The molecule has 0 aliphatic rings. The molecule has 37 heavy (non-hydrogen) atoms. The largest absolute Gasteiger partial charge is 0.489 e. The van der Waals surface area contributed by atoms with E-state index in [9.17, 15) is 9.59 Å². The lowest BCUT2D eigenvalue weighted by molar-refractivity contribution is 0.0514. The van der Waals surface area contributed by atoms with E-state index in [-0.39, 0.29) is 13.2 Å². The second-order valence-electron chi connectivity index (χ2n) is 9.11. The number of alkyl carbamates (subject to hydrolysis) is 1. The average Bonchev–Trinajstić information content (AvgIpc) is 2.86. The van der Waals surface area contributed by atoms with E-state index in [1.807, 2.05) is 45.0 Å². The highest BCUT2D eigenvalue weighted by Gasteiger charge is 2.16. The van der Waals surface area contributed by atoms with Crippen molar-refractivity contribution in [1.29, 1.82) is 5.26 Å². The highest BCUT2D eigenvalue weighted by molar-refractivity contribution is 5.90. The molecule has 192 valence electrons. The number of ether oxygens (including phenoxy) is 4. The maximum atomic E-state index is 12.4. The first-order valence-electron chi connectivity index (χ1n) is 11.8. The molecule has 1 N–H and O–H groups in total. The fourth-order valence-corrected chi connectivity index (χ4v) is 3.19. The van der Waals surface area contributed by atoms with Crippen LogP contribution in [0.1, 0.15) is 54.7 Å². The number of esters is 1. The number of benzene rings is 3. The van der Waals surface area contributed by atoms with E-state index < -0.39 is 17.7 Å². The van der Waals surface area contributed by atoms with Gasteiger partial charge < -0.3 is 24.3 Å². The Hall–Kier alpha value is -4.51. The molecule has 0 saturated heterocycles. The molecule has 0 radical (unpaired) electrons. The van der Waals surface area contributed by atoms with Crippen molar-refractivity contribution in [2.24, 2.45) is 0 Å². The number of hydrogen-bond donors (Lipinski definition) is 1. The standard InChI is InChI=1S/C29H30N2O6/c1-5-34-27(32)23-14-25(16-26(15-23)36-24-12-10-20(17-30)11-13-24)35-19-22-8-6-21(7-9-22)18-31-28(33)37-29(2,3)4/h6-16H,5,18-19H2,1-4H3,(H,31,33). The van der Waals surface area contributed by atoms with Gasteiger partial charge in [0.1, 0.15) is 29.5 Å². The first kappa shape index (κ1) is 27.1. The molecule has 3 aromatic carbocycles. The average molecular weight is 503 g/mol. The summed E-state index contributed by atoms with van der Waals surface area (Å²) in [7, 11) is 0. The number of amides is 1. The Kier molecular flexibility index (Phi) is 9.11. The maximum Gasteiger partial charge on any atom is 0.407 e. The second kappa shape index (κ2) is 12.5. The summed E-state index contributed by atoms with van der Waals surface area (Å²) in [6, 6.07) is 21.1. The van der Waals surface area contributed by atoms with Crippen LogP contribution in [0.2, 0.25) is 0 Å². The molecule has 3 aromatic rings. The minimum absolute atomic E-state index is 0.241. The van der Waals surface area contributed by atoms with Crippen LogP contribution in [0.25, 0.3) is 0 Å². The molecule has 0 bridgehead atoms. The SMILES string of the molecule is CCOC(=O)c1cc(OCc2ccc(CNC(=O)OC(C)(C)C)cc2)cc(Oc2ccc(C#N)cc2)c1. The van der Waals surface area contributed by atoms with Gasteiger partial charge in [-0.2, -0.15) is 5.26 Å². The third-order valence-electron chi connectivity index (χ3n) is 4.87. The number of nitrogens with zero attached hydrogens (tertiary/aromatic N) is 1. The molecule has 0 aromatic heterocycles. The minimum Gasteiger partial charge on any atom is -0.489 e. The normalized spacial score (nSPS) is 10.7. The van der Waals surface area contributed by atoms with Crippen LogP contribution in [0, 0.1) is 11.3 Å². The molecule has 8 heteroatoms. The quantitative estimate of drug-likeness (QED) is 0.351. The third-order valence-corrected chi connectivity index (χ3v) is 4.87. The van der Waals surface area contributed by atoms with Gasteiger partial charge in [0, 0.05) is 12.6 Å². The molecular weight excluding hydrogens is 472 g/mol. The molecule has 0 unspecified atom stereocenters. The summed E-state index contributed by atoms with van der Waals surface area (Å²) in [5.74, 6) is 0.861. The van der Waals surface area contributed by atoms with Gasteiger partial charge in [0.2, 0.25) is 0 Å². The number of nitrogens with one attached hydrogen (secondary N) is 1. The van der Waals surface area contributed by atoms with Gasteiger partial charge in [-0.25, -0.2) is 9.59 Å². The maximum absolute atomic E-state index is 12.4. The van der Waals surface area contributed by atoms with E-state index in [0.29, 0.717) is 34.9 Å². The van der Waals surface area contributed by atoms with Crippen molar-refractivity contribution in [2.75, 3.05) is 6.61 Å². The highest BCUT2D eigenvalue weighted by Crippen LogP contribution is 2.29. The lowest BCUT2D eigenvalue weighted by Gasteiger charge is -2.19. The lowest BCUT2D eigenvalue weighted by Crippen LogP contribution is -2.32. The summed E-state index contributed by atoms with van der Waals surface area (Å²) in [6.07, 6.45) is -0.472. The van der Waals surface area contributed by atoms with Gasteiger partial charge >= 0.3 is 12.1 Å². The van der Waals surface area contributed by atoms with Crippen LogP contribution >= 0.6 is 0 Å². The molecule has 0 aliphatic heterocycles. The van der Waals surface area contributed by atoms with E-state index in [0.717, 1.165) is 11.1 Å². The summed E-state index contributed by atoms with van der Waals surface area (Å²) in [5.41, 5.74) is 2.08. The minimum atomic E-state index is -0.553. The van der Waals surface area contributed by atoms with Crippen LogP contribution in [-0.4, -0.2) is 24.3 Å². The zero-order valence-corrected chi connectivity index (χ0v) is 21.4. The Morgan fingerprint density at radius 1 is 0.892 bits per heavy atom. The van der Waals surface area contributed by atoms with Crippen LogP contribution in [0.5, 0.6) is 17.2 Å². The summed E-state index contributed by atoms with van der Waals surface area (Å²) >= 11 is 0. The third kappa shape index (κ3) is 8.89. The van der Waals surface area contributed by atoms with Gasteiger partial charge in [-0.3, -0.25) is 0 Å². The molecule has 0 heterocycles. The molecular formula is C29H30N2O6. The lowest BCUT2D eigenvalue weighted by atomic mass is 10.1. The summed E-state index contributed by atoms with van der Waals surface area (Å²) in [6.45, 7) is 8.00. The van der Waals surface area contributed by atoms with Gasteiger partial charge in [0.25, 0.3) is 0 Å². The Morgan fingerprint density at radius 2 is 1.54 bits per heavy atom. The fraction of sp³-hybridized carbons (Fsp3) is 0.276. The van der Waals surface area contributed by atoms with Crippen LogP contribution < -0.4 is 14.8 Å². The summed E-state index contributed by atoms with van der Waals surface area (Å²) in [4.78, 5) is 24.2. The molecule has 0 saturated carbocycles. The van der Waals surface area contributed by atoms with E-state index in [2.05, 4.69) is 11.4 Å². The van der Waals surface area contributed by atoms with Crippen LogP contribution in [0.3, 0.4) is 0 Å². The monoisotopic (exact) mass is 502 g/mol. The topological polar surface area (TPSA) is 107 Å². The van der Waals surface area contributed by atoms with Gasteiger partial charge in [-0.05, 0) is 75.2 Å². The first-order valence-corrected chi connectivity index (χ1v) is 11.8. The predicted molar refractivity (Wildman–Crippen MR) is 137 cm³/mol. The van der Waals surface area contributed by atoms with E-state index in [1.165, 1.54) is 0 Å². The van der Waals surface area contributed by atoms with Crippen molar-refractivity contribution in [3.8, 4) is 23.3 Å². The molecule has 1 amide bonds. The molecule has 0 fully saturated rings. The first-order chi connectivity index (χ1) is 17.6. The smallest absolute Gasteiger partial charge is 0.407 e. The van der Waals surface area contributed by atoms with Crippen molar-refractivity contribution in [3.63, 3.8) is 0 Å². The number of carbonyl (C=O) groups excluding carboxylic acids is 2. The van der Waals surface area contributed by atoms with Crippen LogP contribution in [-0.2, 0) is 22.6 Å². The molecule has 0 spiro atoms. The number of carbonyl (C=O) groups is 2. The van der Waals surface area contributed by atoms with Gasteiger partial charge in [-0.15, -0.1) is 0 Å². The number of hydrogen-bond acceptors (Lipinski definition) is 7. The van der Waals surface area contributed by atoms with Crippen molar-refractivity contribution in [2.45, 2.75) is 46.4 Å². The molecule has 8 nitrogen and oxygen atoms in total. The van der Waals surface area contributed by atoms with E-state index in [4.69, 9.17) is 24.2 Å². The van der Waals surface area contributed by atoms with Crippen LogP contribution in [0.4, 0.5) is 4.79 Å². The van der Waals surface area contributed by atoms with E-state index >= 15 is 0 Å². The van der Waals surface area contributed by atoms with Crippen LogP contribution in [0.15, 0.2) is 66.7 Å². The Morgan fingerprint density at radius 3 is 2.16 bits per heavy atom. The number of nitriles is 1. The molecule has 0 aliphatic carbocycles. The van der Waals surface area contributed by atoms with Gasteiger partial charge in [0.05, 0.1) is 23.8 Å². The van der Waals surface area contributed by atoms with Gasteiger partial charge in [0.15, 0.2) is 0 Å². The fourth-order valence-electron chi connectivity index (χ4n) is 3.19. The van der Waals surface area contributed by atoms with Crippen molar-refractivity contribution in [3.05, 3.63) is 89.0 Å². The highest BCUT2D eigenvalue weighted by atomic mass is 16.6. The number of rotatable bonds is 9. The predicted octanol–water partition coefficient (Wildman–Crippen LogP) is 6.13. The Bertz CT molecular complexity index is 1260. The Balaban J connectivity index is 1.66. The van der Waals surface area contributed by atoms with E-state index in [1.54, 1.807) is 49.4 Å². The second-order valence-corrected chi connectivity index (χ2v) is 9.11. The van der Waals surface area contributed by atoms with Crippen molar-refractivity contribution in [1.82, 2.24) is 5.32 Å². The van der Waals surface area contributed by atoms with Gasteiger partial charge in [-0.1, -0.05) is 24.3 Å². The summed E-state index contributed by atoms with van der Waals surface area (Å²) in [5, 5.41) is 11.7. The summed E-state index contributed by atoms with van der Waals surface area (Å²) < 4.78 is 22.2. The van der Waals surface area contributed by atoms with Crippen molar-refractivity contribution < 1.29 is 28.5 Å². The zero-order chi connectivity index (χ0) is 26.8. The zero-order valence-electron chi connectivity index (χ0n) is 21.4. The van der Waals surface area contributed by atoms with Crippen molar-refractivity contribution >= 4 is 12.1 Å².